The van der Waals surface area contributed by atoms with Gasteiger partial charge in [-0.2, -0.15) is 0 Å². The molecule has 4 atom stereocenters. The molecule has 4 unspecified atom stereocenters. The van der Waals surface area contributed by atoms with Gasteiger partial charge < -0.3 is 15.1 Å². The number of benzene rings is 2. The van der Waals surface area contributed by atoms with Crippen molar-refractivity contribution >= 4 is 30.1 Å². The van der Waals surface area contributed by atoms with Gasteiger partial charge in [-0.3, -0.25) is 14.2 Å². The molecule has 0 aromatic heterocycles. The minimum Gasteiger partial charge on any atom is -0.481 e. The lowest BCUT2D eigenvalue weighted by molar-refractivity contribution is -0.143. The maximum atomic E-state index is 13.4. The summed E-state index contributed by atoms with van der Waals surface area (Å²) in [7, 11) is -4.03. The van der Waals surface area contributed by atoms with Gasteiger partial charge in [-0.05, 0) is 36.1 Å². The zero-order chi connectivity index (χ0) is 20.9. The summed E-state index contributed by atoms with van der Waals surface area (Å²) in [4.78, 5) is 33.6. The van der Waals surface area contributed by atoms with Gasteiger partial charge in [-0.25, -0.2) is 0 Å². The fraction of sp³-hybridized carbons (Fsp3) is 0.333. The fourth-order valence-electron chi connectivity index (χ4n) is 3.47. The molecule has 6 nitrogen and oxygen atoms in total. The van der Waals surface area contributed by atoms with E-state index < -0.39 is 36.5 Å². The molecule has 2 aromatic rings. The number of aliphatic carboxylic acids is 2. The Hall–Kier alpha value is -2.43. The Labute approximate surface area is 164 Å². The van der Waals surface area contributed by atoms with E-state index in [0.29, 0.717) is 5.56 Å². The minimum atomic E-state index is -4.03. The quantitative estimate of drug-likeness (QED) is 0.391. The van der Waals surface area contributed by atoms with E-state index in [9.17, 15) is 24.2 Å². The third-order valence-corrected chi connectivity index (χ3v) is 8.07. The van der Waals surface area contributed by atoms with Crippen LogP contribution in [0.3, 0.4) is 0 Å². The normalized spacial score (nSPS) is 16.6. The van der Waals surface area contributed by atoms with E-state index in [0.717, 1.165) is 10.8 Å². The maximum absolute atomic E-state index is 13.4. The SMILES string of the molecule is C=CCC(C(CCC(=O)O)C(=O)O)P(=O)(O)C(C)c1ccc2ccccc2c1. The minimum absolute atomic E-state index is 0.0162. The van der Waals surface area contributed by atoms with Crippen LogP contribution in [0.25, 0.3) is 10.8 Å². The predicted molar refractivity (Wildman–Crippen MR) is 109 cm³/mol. The van der Waals surface area contributed by atoms with E-state index in [1.54, 1.807) is 13.0 Å². The molecule has 7 heteroatoms. The highest BCUT2D eigenvalue weighted by Crippen LogP contribution is 2.62. The summed E-state index contributed by atoms with van der Waals surface area (Å²) in [6, 6.07) is 13.1. The van der Waals surface area contributed by atoms with Crippen molar-refractivity contribution in [3.8, 4) is 0 Å². The number of allylic oxidation sites excluding steroid dienone is 1. The van der Waals surface area contributed by atoms with Gasteiger partial charge in [0, 0.05) is 6.42 Å². The Morgan fingerprint density at radius 2 is 1.79 bits per heavy atom. The molecule has 0 radical (unpaired) electrons. The molecule has 0 amide bonds. The van der Waals surface area contributed by atoms with Crippen LogP contribution in [0.2, 0.25) is 0 Å². The molecule has 0 aliphatic rings. The van der Waals surface area contributed by atoms with E-state index in [1.165, 1.54) is 6.08 Å². The van der Waals surface area contributed by atoms with E-state index in [2.05, 4.69) is 6.58 Å². The molecule has 0 heterocycles. The summed E-state index contributed by atoms with van der Waals surface area (Å²) in [5.41, 5.74) is -1.27. The number of hydrogen-bond donors (Lipinski definition) is 3. The van der Waals surface area contributed by atoms with Crippen LogP contribution >= 0.6 is 7.37 Å². The Balaban J connectivity index is 2.41. The van der Waals surface area contributed by atoms with Crippen LogP contribution in [0.5, 0.6) is 0 Å². The molecular weight excluding hydrogens is 379 g/mol. The van der Waals surface area contributed by atoms with E-state index in [-0.39, 0.29) is 19.3 Å². The maximum Gasteiger partial charge on any atom is 0.307 e. The van der Waals surface area contributed by atoms with Crippen molar-refractivity contribution in [2.24, 2.45) is 5.92 Å². The van der Waals surface area contributed by atoms with Crippen molar-refractivity contribution in [3.63, 3.8) is 0 Å². The summed E-state index contributed by atoms with van der Waals surface area (Å²) in [6.45, 7) is 5.19. The van der Waals surface area contributed by atoms with Crippen LogP contribution in [0, 0.1) is 5.92 Å². The highest BCUT2D eigenvalue weighted by molar-refractivity contribution is 7.59. The van der Waals surface area contributed by atoms with Crippen molar-refractivity contribution in [1.82, 2.24) is 0 Å². The van der Waals surface area contributed by atoms with Crippen molar-refractivity contribution in [2.45, 2.75) is 37.5 Å². The fourth-order valence-corrected chi connectivity index (χ4v) is 5.88. The first-order valence-corrected chi connectivity index (χ1v) is 10.8. The third-order valence-electron chi connectivity index (χ3n) is 5.15. The zero-order valence-electron chi connectivity index (χ0n) is 15.7. The number of carboxylic acids is 2. The molecule has 0 spiro atoms. The zero-order valence-corrected chi connectivity index (χ0v) is 16.6. The second-order valence-corrected chi connectivity index (χ2v) is 9.71. The predicted octanol–water partition coefficient (Wildman–Crippen LogP) is 4.68. The lowest BCUT2D eigenvalue weighted by atomic mass is 9.97. The number of rotatable bonds is 10. The average molecular weight is 404 g/mol. The molecule has 2 rings (SSSR count). The molecule has 0 saturated carbocycles. The molecule has 0 aliphatic carbocycles. The van der Waals surface area contributed by atoms with Crippen LogP contribution in [-0.4, -0.2) is 32.7 Å². The van der Waals surface area contributed by atoms with Crippen LogP contribution in [0.15, 0.2) is 55.1 Å². The average Bonchev–Trinajstić information content (AvgIpc) is 2.65. The van der Waals surface area contributed by atoms with Crippen LogP contribution in [0.4, 0.5) is 0 Å². The molecule has 0 aliphatic heterocycles. The third kappa shape index (κ3) is 4.89. The number of hydrogen-bond acceptors (Lipinski definition) is 3. The topological polar surface area (TPSA) is 112 Å². The van der Waals surface area contributed by atoms with E-state index >= 15 is 0 Å². The molecular formula is C21H25O6P. The van der Waals surface area contributed by atoms with Crippen LogP contribution in [0.1, 0.15) is 37.4 Å². The van der Waals surface area contributed by atoms with Crippen molar-refractivity contribution < 1.29 is 29.3 Å². The first kappa shape index (κ1) is 21.9. The van der Waals surface area contributed by atoms with Crippen LogP contribution < -0.4 is 0 Å². The van der Waals surface area contributed by atoms with Crippen molar-refractivity contribution in [1.29, 1.82) is 0 Å². The molecule has 2 aromatic carbocycles. The van der Waals surface area contributed by atoms with Gasteiger partial charge in [0.05, 0.1) is 17.2 Å². The number of carboxylic acid groups (broad SMARTS) is 2. The molecule has 28 heavy (non-hydrogen) atoms. The highest BCUT2D eigenvalue weighted by Gasteiger charge is 2.44. The second-order valence-electron chi connectivity index (χ2n) is 6.92. The van der Waals surface area contributed by atoms with Gasteiger partial charge in [0.25, 0.3) is 0 Å². The molecule has 3 N–H and O–H groups in total. The number of fused-ring (bicyclic) bond motifs is 1. The second kappa shape index (κ2) is 9.18. The molecule has 0 bridgehead atoms. The van der Waals surface area contributed by atoms with Gasteiger partial charge in [-0.1, -0.05) is 48.5 Å². The first-order chi connectivity index (χ1) is 13.2. The lowest BCUT2D eigenvalue weighted by Crippen LogP contribution is -2.30. The van der Waals surface area contributed by atoms with Gasteiger partial charge >= 0.3 is 11.9 Å². The molecule has 150 valence electrons. The monoisotopic (exact) mass is 404 g/mol. The first-order valence-electron chi connectivity index (χ1n) is 9.04. The van der Waals surface area contributed by atoms with Gasteiger partial charge in [0.1, 0.15) is 0 Å². The summed E-state index contributed by atoms with van der Waals surface area (Å²) < 4.78 is 13.4. The van der Waals surface area contributed by atoms with Crippen molar-refractivity contribution in [2.75, 3.05) is 0 Å². The summed E-state index contributed by atoms with van der Waals surface area (Å²) in [6.07, 6.45) is 0.840. The molecule has 0 fully saturated rings. The van der Waals surface area contributed by atoms with Crippen LogP contribution in [-0.2, 0) is 14.2 Å². The highest BCUT2D eigenvalue weighted by atomic mass is 31.2. The van der Waals surface area contributed by atoms with E-state index in [4.69, 9.17) is 5.11 Å². The smallest absolute Gasteiger partial charge is 0.307 e. The number of carbonyl (C=O) groups is 2. The Morgan fingerprint density at radius 3 is 2.36 bits per heavy atom. The Morgan fingerprint density at radius 1 is 1.14 bits per heavy atom. The van der Waals surface area contributed by atoms with Gasteiger partial charge in [-0.15, -0.1) is 6.58 Å². The van der Waals surface area contributed by atoms with Gasteiger partial charge in [0.15, 0.2) is 0 Å². The lowest BCUT2D eigenvalue weighted by Gasteiger charge is -2.31. The van der Waals surface area contributed by atoms with E-state index in [1.807, 2.05) is 36.4 Å². The Bertz CT molecular complexity index is 922. The summed E-state index contributed by atoms with van der Waals surface area (Å²) in [5.74, 6) is -3.65. The largest absolute Gasteiger partial charge is 0.481 e. The van der Waals surface area contributed by atoms with Gasteiger partial charge in [0.2, 0.25) is 7.37 Å². The summed E-state index contributed by atoms with van der Waals surface area (Å²) >= 11 is 0. The standard InChI is InChI=1S/C21H25O6P/c1-3-6-19(18(21(24)25)11-12-20(22)23)28(26,27)14(2)16-10-9-15-7-4-5-8-17(15)13-16/h3-5,7-10,13-14,18-19H,1,6,11-12H2,2H3,(H,22,23)(H,24,25)(H,26,27). The summed E-state index contributed by atoms with van der Waals surface area (Å²) in [5, 5.41) is 20.4. The Kier molecular flexibility index (Phi) is 7.17. The molecule has 0 saturated heterocycles. The van der Waals surface area contributed by atoms with Crippen molar-refractivity contribution in [3.05, 3.63) is 60.7 Å².